The average molecular weight is 235 g/mol. The summed E-state index contributed by atoms with van der Waals surface area (Å²) in [7, 11) is 2.85. The molecule has 0 spiro atoms. The van der Waals surface area contributed by atoms with Crippen molar-refractivity contribution < 1.29 is 19.1 Å². The van der Waals surface area contributed by atoms with Gasteiger partial charge in [0.2, 0.25) is 5.91 Å². The van der Waals surface area contributed by atoms with Crippen LogP contribution in [0.2, 0.25) is 0 Å². The summed E-state index contributed by atoms with van der Waals surface area (Å²) >= 11 is 0. The van der Waals surface area contributed by atoms with E-state index in [-0.39, 0.29) is 5.91 Å². The lowest BCUT2D eigenvalue weighted by Gasteiger charge is -2.20. The zero-order valence-electron chi connectivity index (χ0n) is 9.70. The van der Waals surface area contributed by atoms with Crippen LogP contribution in [0.3, 0.4) is 0 Å². The van der Waals surface area contributed by atoms with Gasteiger partial charge in [-0.1, -0.05) is 0 Å². The highest BCUT2D eigenvalue weighted by Crippen LogP contribution is 2.32. The summed E-state index contributed by atoms with van der Waals surface area (Å²) in [6, 6.07) is 3.24. The minimum Gasteiger partial charge on any atom is -0.496 e. The summed E-state index contributed by atoms with van der Waals surface area (Å²) in [6.45, 7) is 0. The fraction of sp³-hybridized carbons (Fsp3) is 0.333. The van der Waals surface area contributed by atoms with Crippen molar-refractivity contribution in [1.29, 1.82) is 0 Å². The molecule has 0 atom stereocenters. The van der Waals surface area contributed by atoms with E-state index in [4.69, 9.17) is 4.74 Å². The standard InChI is InChI=1S/C12H13NO4/c1-16-10-6-7(12(15)17-2)5-9-8(10)3-4-11(14)13-9/h5-6H,3-4H2,1-2H3,(H,13,14). The van der Waals surface area contributed by atoms with Crippen molar-refractivity contribution in [3.63, 3.8) is 0 Å². The summed E-state index contributed by atoms with van der Waals surface area (Å²) in [5.41, 5.74) is 1.91. The molecule has 1 aliphatic rings. The van der Waals surface area contributed by atoms with Crippen LogP contribution in [0, 0.1) is 0 Å². The Kier molecular flexibility index (Phi) is 2.99. The van der Waals surface area contributed by atoms with E-state index in [0.29, 0.717) is 29.8 Å². The number of anilines is 1. The predicted octanol–water partition coefficient (Wildman–Crippen LogP) is 1.37. The first-order valence-electron chi connectivity index (χ1n) is 5.24. The molecule has 0 bridgehead atoms. The van der Waals surface area contributed by atoms with E-state index < -0.39 is 5.97 Å². The number of rotatable bonds is 2. The number of hydrogen-bond acceptors (Lipinski definition) is 4. The van der Waals surface area contributed by atoms with Crippen molar-refractivity contribution in [2.75, 3.05) is 19.5 Å². The maximum Gasteiger partial charge on any atom is 0.338 e. The number of esters is 1. The van der Waals surface area contributed by atoms with Gasteiger partial charge in [0.05, 0.1) is 19.8 Å². The number of ether oxygens (including phenoxy) is 2. The number of fused-ring (bicyclic) bond motifs is 1. The normalized spacial score (nSPS) is 13.6. The second kappa shape index (κ2) is 4.45. The van der Waals surface area contributed by atoms with Gasteiger partial charge in [-0.3, -0.25) is 4.79 Å². The van der Waals surface area contributed by atoms with E-state index in [1.54, 1.807) is 12.1 Å². The Hall–Kier alpha value is -2.04. The van der Waals surface area contributed by atoms with Gasteiger partial charge in [0.15, 0.2) is 0 Å². The molecule has 0 saturated heterocycles. The van der Waals surface area contributed by atoms with Gasteiger partial charge < -0.3 is 14.8 Å². The molecule has 17 heavy (non-hydrogen) atoms. The Morgan fingerprint density at radius 1 is 1.29 bits per heavy atom. The maximum atomic E-state index is 11.5. The first kappa shape index (κ1) is 11.4. The molecule has 0 unspecified atom stereocenters. The van der Waals surface area contributed by atoms with Crippen LogP contribution < -0.4 is 10.1 Å². The van der Waals surface area contributed by atoms with E-state index >= 15 is 0 Å². The van der Waals surface area contributed by atoms with Gasteiger partial charge in [0.25, 0.3) is 0 Å². The molecular formula is C12H13NO4. The van der Waals surface area contributed by atoms with Gasteiger partial charge >= 0.3 is 5.97 Å². The zero-order valence-corrected chi connectivity index (χ0v) is 9.70. The van der Waals surface area contributed by atoms with Gasteiger partial charge in [0.1, 0.15) is 5.75 Å². The minimum absolute atomic E-state index is 0.0541. The molecule has 1 heterocycles. The molecule has 0 aromatic heterocycles. The monoisotopic (exact) mass is 235 g/mol. The van der Waals surface area contributed by atoms with Crippen LogP contribution in [0.25, 0.3) is 0 Å². The smallest absolute Gasteiger partial charge is 0.338 e. The highest BCUT2D eigenvalue weighted by Gasteiger charge is 2.21. The fourth-order valence-electron chi connectivity index (χ4n) is 1.88. The number of methoxy groups -OCH3 is 2. The van der Waals surface area contributed by atoms with E-state index in [2.05, 4.69) is 10.1 Å². The lowest BCUT2D eigenvalue weighted by Crippen LogP contribution is -2.20. The van der Waals surface area contributed by atoms with Crippen molar-refractivity contribution >= 4 is 17.6 Å². The topological polar surface area (TPSA) is 64.6 Å². The second-order valence-electron chi connectivity index (χ2n) is 3.74. The molecule has 90 valence electrons. The summed E-state index contributed by atoms with van der Waals surface area (Å²) < 4.78 is 9.87. The maximum absolute atomic E-state index is 11.5. The van der Waals surface area contributed by atoms with E-state index in [9.17, 15) is 9.59 Å². The third kappa shape index (κ3) is 2.08. The van der Waals surface area contributed by atoms with Crippen molar-refractivity contribution in [3.8, 4) is 5.75 Å². The van der Waals surface area contributed by atoms with Crippen LogP contribution in [0.4, 0.5) is 5.69 Å². The number of amides is 1. The van der Waals surface area contributed by atoms with E-state index in [0.717, 1.165) is 5.56 Å². The highest BCUT2D eigenvalue weighted by molar-refractivity contribution is 5.98. The van der Waals surface area contributed by atoms with Crippen molar-refractivity contribution in [3.05, 3.63) is 23.3 Å². The third-order valence-corrected chi connectivity index (χ3v) is 2.73. The molecule has 1 aromatic carbocycles. The molecule has 0 aliphatic carbocycles. The summed E-state index contributed by atoms with van der Waals surface area (Å²) in [6.07, 6.45) is 1.05. The van der Waals surface area contributed by atoms with Gasteiger partial charge in [-0.05, 0) is 18.6 Å². The largest absolute Gasteiger partial charge is 0.496 e. The van der Waals surface area contributed by atoms with Gasteiger partial charge in [-0.15, -0.1) is 0 Å². The van der Waals surface area contributed by atoms with Crippen LogP contribution in [0.1, 0.15) is 22.3 Å². The lowest BCUT2D eigenvalue weighted by atomic mass is 9.99. The predicted molar refractivity (Wildman–Crippen MR) is 61.3 cm³/mol. The summed E-state index contributed by atoms with van der Waals surface area (Å²) in [4.78, 5) is 22.8. The van der Waals surface area contributed by atoms with E-state index in [1.165, 1.54) is 14.2 Å². The first-order valence-corrected chi connectivity index (χ1v) is 5.24. The Morgan fingerprint density at radius 2 is 2.06 bits per heavy atom. The Morgan fingerprint density at radius 3 is 2.71 bits per heavy atom. The van der Waals surface area contributed by atoms with Crippen LogP contribution in [-0.4, -0.2) is 26.1 Å². The Bertz CT molecular complexity index is 482. The minimum atomic E-state index is -0.453. The zero-order chi connectivity index (χ0) is 12.4. The van der Waals surface area contributed by atoms with Crippen LogP contribution in [-0.2, 0) is 16.0 Å². The SMILES string of the molecule is COC(=O)c1cc2c(c(OC)c1)CCC(=O)N2. The summed E-state index contributed by atoms with van der Waals surface area (Å²) in [5, 5.41) is 2.73. The third-order valence-electron chi connectivity index (χ3n) is 2.73. The molecular weight excluding hydrogens is 222 g/mol. The van der Waals surface area contributed by atoms with Crippen LogP contribution >= 0.6 is 0 Å². The Balaban J connectivity index is 2.50. The first-order chi connectivity index (χ1) is 8.15. The molecule has 1 amide bonds. The molecule has 0 saturated carbocycles. The number of nitrogens with one attached hydrogen (secondary N) is 1. The number of hydrogen-bond donors (Lipinski definition) is 1. The van der Waals surface area contributed by atoms with Crippen LogP contribution in [0.5, 0.6) is 5.75 Å². The molecule has 2 rings (SSSR count). The second-order valence-corrected chi connectivity index (χ2v) is 3.74. The fourth-order valence-corrected chi connectivity index (χ4v) is 1.88. The molecule has 1 aliphatic heterocycles. The molecule has 1 N–H and O–H groups in total. The van der Waals surface area contributed by atoms with Gasteiger partial charge in [-0.2, -0.15) is 0 Å². The number of carbonyl (C=O) groups excluding carboxylic acids is 2. The molecule has 5 nitrogen and oxygen atoms in total. The van der Waals surface area contributed by atoms with Crippen LogP contribution in [0.15, 0.2) is 12.1 Å². The molecule has 0 fully saturated rings. The highest BCUT2D eigenvalue weighted by atomic mass is 16.5. The molecule has 5 heteroatoms. The number of carbonyl (C=O) groups is 2. The van der Waals surface area contributed by atoms with E-state index in [1.807, 2.05) is 0 Å². The van der Waals surface area contributed by atoms with Crippen molar-refractivity contribution in [2.24, 2.45) is 0 Å². The Labute approximate surface area is 98.7 Å². The summed E-state index contributed by atoms with van der Waals surface area (Å²) in [5.74, 6) is 0.0930. The quantitative estimate of drug-likeness (QED) is 0.786. The van der Waals surface area contributed by atoms with Gasteiger partial charge in [-0.25, -0.2) is 4.79 Å². The van der Waals surface area contributed by atoms with Crippen molar-refractivity contribution in [2.45, 2.75) is 12.8 Å². The van der Waals surface area contributed by atoms with Crippen molar-refractivity contribution in [1.82, 2.24) is 0 Å². The lowest BCUT2D eigenvalue weighted by molar-refractivity contribution is -0.116. The van der Waals surface area contributed by atoms with Gasteiger partial charge in [0, 0.05) is 17.7 Å². The molecule has 0 radical (unpaired) electrons. The average Bonchev–Trinajstić information content (AvgIpc) is 2.35. The molecule has 1 aromatic rings. The number of benzene rings is 1.